The van der Waals surface area contributed by atoms with E-state index in [0.717, 1.165) is 82.1 Å². The van der Waals surface area contributed by atoms with E-state index in [1.807, 2.05) is 171 Å². The van der Waals surface area contributed by atoms with Gasteiger partial charge in [0.2, 0.25) is 0 Å². The summed E-state index contributed by atoms with van der Waals surface area (Å²) in [5.74, 6) is 2.71. The fourth-order valence-electron chi connectivity index (χ4n) is 11.6. The highest BCUT2D eigenvalue weighted by Crippen LogP contribution is 2.39. The standard InChI is InChI=1S/C71H46N8O/c1-46-40-68(72-44-58(46)71-73-69(77-60-31-12-6-25-52(60)53-26-7-13-32-61(53)77)43-70(74-71)78-62-33-14-8-27-54(62)55-28-9-15-34-63(55)78)79-64-35-16-10-29-56(64)57-39-38-50(42-67(57)79)80-49-23-19-22-48(41-49)75-45-76(66-37-18-17-36-65(66)75)59-30-11-5-24-51(59)47-20-3-2-4-21-47/h2-44H,1H3/i1D3,2D,3D,4D,20D,21D. The molecule has 0 aliphatic rings. The molecule has 0 fully saturated rings. The number of nitrogens with zero attached hydrogens (tertiary/aromatic N) is 8. The van der Waals surface area contributed by atoms with Crippen LogP contribution in [0.15, 0.2) is 261 Å². The molecular weight excluding hydrogens is 981 g/mol. The van der Waals surface area contributed by atoms with Gasteiger partial charge < -0.3 is 4.74 Å². The van der Waals surface area contributed by atoms with Gasteiger partial charge in [0.05, 0.1) is 62.4 Å². The van der Waals surface area contributed by atoms with E-state index in [0.29, 0.717) is 40.2 Å². The van der Waals surface area contributed by atoms with Gasteiger partial charge in [0.25, 0.3) is 6.33 Å². The van der Waals surface area contributed by atoms with Crippen molar-refractivity contribution >= 4 is 76.5 Å². The summed E-state index contributed by atoms with van der Waals surface area (Å²) in [6.45, 7) is -2.65. The highest BCUT2D eigenvalue weighted by Gasteiger charge is 2.22. The molecule has 376 valence electrons. The van der Waals surface area contributed by atoms with Crippen molar-refractivity contribution in [2.45, 2.75) is 6.85 Å². The zero-order valence-electron chi connectivity index (χ0n) is 50.4. The van der Waals surface area contributed by atoms with Crippen LogP contribution in [0.1, 0.15) is 16.5 Å². The van der Waals surface area contributed by atoms with Crippen molar-refractivity contribution in [3.63, 3.8) is 0 Å². The normalized spacial score (nSPS) is 13.4. The third-order valence-electron chi connectivity index (χ3n) is 15.1. The number of hydrogen-bond acceptors (Lipinski definition) is 4. The van der Waals surface area contributed by atoms with Crippen molar-refractivity contribution in [1.29, 1.82) is 0 Å². The molecule has 9 nitrogen and oxygen atoms in total. The zero-order valence-corrected chi connectivity index (χ0v) is 42.4. The van der Waals surface area contributed by atoms with Crippen LogP contribution in [0.5, 0.6) is 11.5 Å². The second-order valence-corrected chi connectivity index (χ2v) is 19.6. The van der Waals surface area contributed by atoms with Gasteiger partial charge in [-0.1, -0.05) is 170 Å². The van der Waals surface area contributed by atoms with Gasteiger partial charge in [0.1, 0.15) is 29.0 Å². The molecule has 16 rings (SSSR count). The summed E-state index contributed by atoms with van der Waals surface area (Å²) in [6.07, 6.45) is 5.09. The minimum Gasteiger partial charge on any atom is -0.458 e. The Labute approximate surface area is 470 Å². The van der Waals surface area contributed by atoms with Gasteiger partial charge in [-0.2, -0.15) is 0 Å². The molecule has 10 aromatic carbocycles. The quantitative estimate of drug-likeness (QED) is 0.107. The lowest BCUT2D eigenvalue weighted by Crippen LogP contribution is -2.30. The Bertz CT molecular complexity index is 5320. The van der Waals surface area contributed by atoms with E-state index in [1.165, 1.54) is 0 Å². The Morgan fingerprint density at radius 1 is 0.450 bits per heavy atom. The van der Waals surface area contributed by atoms with Crippen LogP contribution >= 0.6 is 0 Å². The number of fused-ring (bicyclic) bond motifs is 10. The molecule has 0 aliphatic carbocycles. The Kier molecular flexibility index (Phi) is 8.55. The average Bonchev–Trinajstić information content (AvgIpc) is 1.62. The van der Waals surface area contributed by atoms with Crippen molar-refractivity contribution < 1.29 is 20.3 Å². The Morgan fingerprint density at radius 3 is 1.59 bits per heavy atom. The van der Waals surface area contributed by atoms with E-state index < -0.39 is 25.0 Å². The molecule has 0 aliphatic heterocycles. The molecule has 0 bridgehead atoms. The van der Waals surface area contributed by atoms with Crippen molar-refractivity contribution in [2.75, 3.05) is 0 Å². The van der Waals surface area contributed by atoms with Gasteiger partial charge in [-0.25, -0.2) is 15.0 Å². The van der Waals surface area contributed by atoms with Gasteiger partial charge in [0.15, 0.2) is 5.82 Å². The molecular formula is C71H46N8O. The van der Waals surface area contributed by atoms with Crippen LogP contribution in [0.4, 0.5) is 0 Å². The minimum absolute atomic E-state index is 0.0217. The van der Waals surface area contributed by atoms with Crippen LogP contribution in [0, 0.1) is 13.2 Å². The van der Waals surface area contributed by atoms with Gasteiger partial charge in [-0.15, -0.1) is 0 Å². The fourth-order valence-corrected chi connectivity index (χ4v) is 11.6. The Morgan fingerprint density at radius 2 is 0.975 bits per heavy atom. The smallest absolute Gasteiger partial charge is 0.269 e. The summed E-state index contributed by atoms with van der Waals surface area (Å²) < 4.78 is 87.1. The van der Waals surface area contributed by atoms with Gasteiger partial charge in [0, 0.05) is 60.3 Å². The molecule has 0 amide bonds. The molecule has 0 N–H and O–H groups in total. The van der Waals surface area contributed by atoms with Gasteiger partial charge in [-0.05, 0) is 96.3 Å². The van der Waals surface area contributed by atoms with Crippen molar-refractivity contribution in [2.24, 2.45) is 0 Å². The first kappa shape index (κ1) is 37.8. The molecule has 6 heterocycles. The third-order valence-corrected chi connectivity index (χ3v) is 15.1. The molecule has 0 saturated carbocycles. The van der Waals surface area contributed by atoms with Crippen LogP contribution < -0.4 is 9.30 Å². The Balaban J connectivity index is 0.818. The maximum absolute atomic E-state index is 9.21. The highest BCUT2D eigenvalue weighted by molar-refractivity contribution is 6.11. The molecule has 0 atom stereocenters. The fraction of sp³-hybridized carbons (Fsp3) is 0.0141. The molecule has 80 heavy (non-hydrogen) atoms. The van der Waals surface area contributed by atoms with Crippen molar-refractivity contribution in [1.82, 2.24) is 33.2 Å². The first-order valence-electron chi connectivity index (χ1n) is 30.2. The number of imidazole rings is 1. The van der Waals surface area contributed by atoms with Crippen LogP contribution in [0.25, 0.3) is 128 Å². The number of aromatic nitrogens is 8. The SMILES string of the molecule is [2H]c1c([2H])c([2H])c(-c2ccccc2-[n+]2[c-]n(-c3cccc(Oc4ccc5c6ccccc6n(-c6cc(C([2H])([2H])[2H])c(-c7nc(-n8c9ccccc9c9ccccc98)cc(-n8c9ccccc9c9ccccc98)n7)cn6)c5c4)c3)c3ccccc32)c([2H])c1[2H]. The van der Waals surface area contributed by atoms with E-state index >= 15 is 0 Å². The largest absolute Gasteiger partial charge is 0.458 e. The average molecular weight is 1040 g/mol. The third kappa shape index (κ3) is 7.18. The number of rotatable bonds is 9. The molecule has 0 spiro atoms. The number of benzene rings is 10. The zero-order chi connectivity index (χ0) is 59.7. The molecule has 0 radical (unpaired) electrons. The predicted octanol–water partition coefficient (Wildman–Crippen LogP) is 16.6. The second-order valence-electron chi connectivity index (χ2n) is 19.6. The lowest BCUT2D eigenvalue weighted by molar-refractivity contribution is -0.571. The van der Waals surface area contributed by atoms with Crippen molar-refractivity contribution in [3.05, 3.63) is 273 Å². The summed E-state index contributed by atoms with van der Waals surface area (Å²) in [7, 11) is 0. The maximum Gasteiger partial charge on any atom is 0.269 e. The van der Waals surface area contributed by atoms with E-state index in [1.54, 1.807) is 24.4 Å². The van der Waals surface area contributed by atoms with E-state index in [9.17, 15) is 4.11 Å². The highest BCUT2D eigenvalue weighted by atomic mass is 16.5. The number of pyridine rings is 1. The topological polar surface area (TPSA) is 71.5 Å². The number of aryl methyl sites for hydroxylation is 1. The molecule has 16 aromatic rings. The number of para-hydroxylation sites is 8. The van der Waals surface area contributed by atoms with Crippen LogP contribution in [-0.4, -0.2) is 33.2 Å². The first-order valence-corrected chi connectivity index (χ1v) is 26.2. The van der Waals surface area contributed by atoms with Gasteiger partial charge in [-0.3, -0.25) is 22.8 Å². The molecule has 9 heteroatoms. The van der Waals surface area contributed by atoms with E-state index in [2.05, 4.69) is 64.0 Å². The maximum atomic E-state index is 9.21. The van der Waals surface area contributed by atoms with Crippen LogP contribution in [-0.2, 0) is 0 Å². The van der Waals surface area contributed by atoms with E-state index in [4.69, 9.17) is 26.5 Å². The summed E-state index contributed by atoms with van der Waals surface area (Å²) in [4.78, 5) is 15.8. The molecule has 0 saturated heterocycles. The predicted molar refractivity (Wildman–Crippen MR) is 322 cm³/mol. The summed E-state index contributed by atoms with van der Waals surface area (Å²) >= 11 is 0. The Hall–Kier alpha value is -10.9. The lowest BCUT2D eigenvalue weighted by atomic mass is 10.0. The van der Waals surface area contributed by atoms with E-state index in [-0.39, 0.29) is 34.6 Å². The second kappa shape index (κ2) is 18.1. The van der Waals surface area contributed by atoms with Crippen LogP contribution in [0.2, 0.25) is 0 Å². The summed E-state index contributed by atoms with van der Waals surface area (Å²) in [5.41, 5.74) is 8.96. The van der Waals surface area contributed by atoms with Crippen molar-refractivity contribution in [3.8, 4) is 62.8 Å². The summed E-state index contributed by atoms with van der Waals surface area (Å²) in [5, 5.41) is 6.04. The minimum atomic E-state index is -2.65. The number of hydrogen-bond donors (Lipinski definition) is 0. The van der Waals surface area contributed by atoms with Gasteiger partial charge >= 0.3 is 0 Å². The molecule has 0 unspecified atom stereocenters. The molecule has 6 aromatic heterocycles. The summed E-state index contributed by atoms with van der Waals surface area (Å²) in [6, 6.07) is 70.9. The monoisotopic (exact) mass is 1030 g/mol. The lowest BCUT2D eigenvalue weighted by Gasteiger charge is -2.15. The van der Waals surface area contributed by atoms with Crippen LogP contribution in [0.3, 0.4) is 0 Å². The first-order chi connectivity index (χ1) is 42.9. The number of ether oxygens (including phenoxy) is 1.